The molecule has 0 aromatic heterocycles. The highest BCUT2D eigenvalue weighted by atomic mass is 16.4. The first-order valence-electron chi connectivity index (χ1n) is 21.8. The van der Waals surface area contributed by atoms with Gasteiger partial charge in [-0.05, 0) is 169 Å². The summed E-state index contributed by atoms with van der Waals surface area (Å²) in [6.07, 6.45) is 0. The lowest BCUT2D eigenvalue weighted by molar-refractivity contribution is 0.424. The lowest BCUT2D eigenvalue weighted by Gasteiger charge is -2.31. The lowest BCUT2D eigenvalue weighted by atomic mass is 9.32. The Morgan fingerprint density at radius 2 is 0.516 bits per heavy atom. The molecule has 6 aromatic carbocycles. The smallest absolute Gasteiger partial charge is 0.447 e. The van der Waals surface area contributed by atoms with Crippen LogP contribution in [-0.2, 0) is 0 Å². The van der Waals surface area contributed by atoms with E-state index in [1.165, 1.54) is 49.8 Å². The second kappa shape index (κ2) is 19.4. The number of benzene rings is 6. The van der Waals surface area contributed by atoms with Crippen molar-refractivity contribution < 1.29 is 25.1 Å². The van der Waals surface area contributed by atoms with Gasteiger partial charge in [0.2, 0.25) is 6.71 Å². The Bertz CT molecular complexity index is 2570. The van der Waals surface area contributed by atoms with Gasteiger partial charge in [-0.15, -0.1) is 0 Å². The monoisotopic (exact) mass is 840 g/mol. The summed E-state index contributed by atoms with van der Waals surface area (Å²) in [6.45, 7) is 27.5. The molecule has 5 nitrogen and oxygen atoms in total. The molecule has 9 heteroatoms. The number of rotatable bonds is 6. The van der Waals surface area contributed by atoms with Crippen LogP contribution in [0.4, 0.5) is 0 Å². The minimum absolute atomic E-state index is 0.138. The molecule has 5 N–H and O–H groups in total. The summed E-state index contributed by atoms with van der Waals surface area (Å²) in [4.78, 5) is 0. The van der Waals surface area contributed by atoms with E-state index in [0.29, 0.717) is 10.9 Å². The molecule has 0 saturated carbocycles. The Hall–Kier alpha value is -5.94. The van der Waals surface area contributed by atoms with E-state index in [1.54, 1.807) is 31.1 Å². The van der Waals surface area contributed by atoms with E-state index < -0.39 is 21.2 Å². The third kappa shape index (κ3) is 9.32. The van der Waals surface area contributed by atoms with Gasteiger partial charge in [-0.1, -0.05) is 129 Å². The molecule has 0 aliphatic heterocycles. The summed E-state index contributed by atoms with van der Waals surface area (Å²) >= 11 is 0. The maximum atomic E-state index is 10.1. The Balaban J connectivity index is 1.61. The molecule has 0 atom stereocenters. The molecule has 0 aliphatic carbocycles. The number of hydrogen-bond donors (Lipinski definition) is 5. The molecule has 0 bridgehead atoms. The Labute approximate surface area is 382 Å². The third-order valence-electron chi connectivity index (χ3n) is 13.7. The van der Waals surface area contributed by atoms with Gasteiger partial charge in [0, 0.05) is 33.4 Å². The van der Waals surface area contributed by atoms with Gasteiger partial charge >= 0.3 is 21.2 Å². The van der Waals surface area contributed by atoms with Crippen molar-refractivity contribution in [3.63, 3.8) is 0 Å². The van der Waals surface area contributed by atoms with E-state index >= 15 is 0 Å². The summed E-state index contributed by atoms with van der Waals surface area (Å²) in [5.41, 5.74) is 24.9. The molecule has 0 heterocycles. The van der Waals surface area contributed by atoms with Gasteiger partial charge in [-0.2, -0.15) is 0 Å². The van der Waals surface area contributed by atoms with E-state index in [1.807, 2.05) is 48.5 Å². The van der Waals surface area contributed by atoms with Crippen molar-refractivity contribution in [2.24, 2.45) is 0 Å². The highest BCUT2D eigenvalue weighted by molar-refractivity contribution is 6.97. The first kappa shape index (κ1) is 47.5. The van der Waals surface area contributed by atoms with Crippen molar-refractivity contribution in [3.05, 3.63) is 173 Å². The second-order valence-electron chi connectivity index (χ2n) is 17.3. The van der Waals surface area contributed by atoms with Crippen LogP contribution in [0, 0.1) is 119 Å². The predicted octanol–water partition coefficient (Wildman–Crippen LogP) is 4.28. The molecule has 0 unspecified atom stereocenters. The van der Waals surface area contributed by atoms with Crippen LogP contribution in [0.3, 0.4) is 0 Å². The maximum absolute atomic E-state index is 10.1. The number of hydrogen-bond acceptors (Lipinski definition) is 5. The van der Waals surface area contributed by atoms with Crippen molar-refractivity contribution in [1.29, 1.82) is 0 Å². The van der Waals surface area contributed by atoms with E-state index in [0.717, 1.165) is 72.2 Å². The molecule has 318 valence electrons. The molecule has 0 amide bonds. The molecule has 0 saturated heterocycles. The third-order valence-corrected chi connectivity index (χ3v) is 13.7. The van der Waals surface area contributed by atoms with Crippen LogP contribution in [0.2, 0.25) is 6.82 Å². The zero-order valence-electron chi connectivity index (χ0n) is 39.5. The van der Waals surface area contributed by atoms with Gasteiger partial charge in [0.25, 0.3) is 0 Å². The maximum Gasteiger partial charge on any atom is 0.488 e. The first-order chi connectivity index (χ1) is 30.2. The predicted molar refractivity (Wildman–Crippen MR) is 271 cm³/mol. The summed E-state index contributed by atoms with van der Waals surface area (Å²) < 4.78 is 0. The van der Waals surface area contributed by atoms with Crippen LogP contribution in [0.1, 0.15) is 100 Å². The lowest BCUT2D eigenvalue weighted by Crippen LogP contribution is -2.58. The fourth-order valence-corrected chi connectivity index (χ4v) is 9.05. The van der Waals surface area contributed by atoms with E-state index in [-0.39, 0.29) is 6.71 Å². The fourth-order valence-electron chi connectivity index (χ4n) is 9.05. The topological polar surface area (TPSA) is 101 Å². The van der Waals surface area contributed by atoms with Gasteiger partial charge in [0.05, 0.1) is 0 Å². The Morgan fingerprint density at radius 3 is 0.719 bits per heavy atom. The fraction of sp³-hybridized carbons (Fsp3) is 0.236. The van der Waals surface area contributed by atoms with Crippen molar-refractivity contribution in [1.82, 2.24) is 0 Å². The summed E-state index contributed by atoms with van der Waals surface area (Å²) in [5.74, 6) is 20.7. The molecule has 0 spiro atoms. The quantitative estimate of drug-likeness (QED) is 0.128. The minimum atomic E-state index is -1.53. The average Bonchev–Trinajstić information content (AvgIpc) is 3.27. The summed E-state index contributed by atoms with van der Waals surface area (Å²) in [5, 5.41) is 48.5. The van der Waals surface area contributed by atoms with Crippen LogP contribution in [0.5, 0.6) is 0 Å². The van der Waals surface area contributed by atoms with E-state index in [9.17, 15) is 25.1 Å². The SMILES string of the molecule is CB(O)c1ccc(C#Cc2c(C)c(C)c(B(c3c(C)c(C)c(C#Cc4ccc(B(O)O)cc4)c(C)c3C)c3c(C)c(C)c(C#Cc4ccc(B(O)O)cc4)c(C)c3C)c(C)c2C)cc1. The molecule has 6 rings (SSSR count). The van der Waals surface area contributed by atoms with Gasteiger partial charge in [-0.3, -0.25) is 0 Å². The van der Waals surface area contributed by atoms with Crippen LogP contribution in [0.15, 0.2) is 72.8 Å². The van der Waals surface area contributed by atoms with Crippen LogP contribution in [-0.4, -0.2) is 53.0 Å². The zero-order chi connectivity index (χ0) is 46.9. The molecular weight excluding hydrogens is 784 g/mol. The van der Waals surface area contributed by atoms with Gasteiger partial charge in [0.15, 0.2) is 0 Å². The molecule has 64 heavy (non-hydrogen) atoms. The molecule has 0 fully saturated rings. The van der Waals surface area contributed by atoms with Crippen molar-refractivity contribution in [2.75, 3.05) is 0 Å². The van der Waals surface area contributed by atoms with Crippen molar-refractivity contribution in [3.8, 4) is 35.5 Å². The van der Waals surface area contributed by atoms with Gasteiger partial charge in [-0.25, -0.2) is 0 Å². The zero-order valence-corrected chi connectivity index (χ0v) is 39.5. The standard InChI is InChI=1S/C55H56B4O5/c1-32-38(7)53(39(8)33(2)50(32)29-20-44-14-23-47(24-15-44)56(13)60)57(54-40(9)34(3)51(35(4)41(54)10)30-21-45-16-25-48(26-17-45)58(61)62)55-42(11)36(5)52(37(6)43(55)12)31-22-46-18-27-49(28-19-46)59(63)64/h14-19,23-28,60-64H,1-13H3. The molecule has 0 aliphatic rings. The largest absolute Gasteiger partial charge is 0.488 e. The van der Waals surface area contributed by atoms with Crippen LogP contribution in [0.25, 0.3) is 0 Å². The van der Waals surface area contributed by atoms with Gasteiger partial charge < -0.3 is 25.1 Å². The Morgan fingerprint density at radius 1 is 0.297 bits per heavy atom. The average molecular weight is 840 g/mol. The molecule has 6 aromatic rings. The molecule has 0 radical (unpaired) electrons. The summed E-state index contributed by atoms with van der Waals surface area (Å²) in [7, 11) is -3.06. The Kier molecular flexibility index (Phi) is 14.4. The minimum Gasteiger partial charge on any atom is -0.447 e. The van der Waals surface area contributed by atoms with E-state index in [2.05, 4.69) is 119 Å². The highest BCUT2D eigenvalue weighted by Crippen LogP contribution is 2.27. The van der Waals surface area contributed by atoms with Crippen LogP contribution >= 0.6 is 0 Å². The van der Waals surface area contributed by atoms with Gasteiger partial charge in [0.1, 0.15) is 0 Å². The second-order valence-corrected chi connectivity index (χ2v) is 17.3. The molecular formula is C55H56B4O5. The highest BCUT2D eigenvalue weighted by Gasteiger charge is 2.35. The summed E-state index contributed by atoms with van der Waals surface area (Å²) in [6, 6.07) is 21.8. The normalized spacial score (nSPS) is 10.6. The van der Waals surface area contributed by atoms with E-state index in [4.69, 9.17) is 0 Å². The first-order valence-corrected chi connectivity index (χ1v) is 21.8. The van der Waals surface area contributed by atoms with Crippen LogP contribution < -0.4 is 32.8 Å². The van der Waals surface area contributed by atoms with Crippen molar-refractivity contribution in [2.45, 2.75) is 89.9 Å². The van der Waals surface area contributed by atoms with Crippen molar-refractivity contribution >= 4 is 60.6 Å².